The van der Waals surface area contributed by atoms with Gasteiger partial charge in [-0.1, -0.05) is 53.5 Å². The molecule has 0 aliphatic rings. The second kappa shape index (κ2) is 11.4. The van der Waals surface area contributed by atoms with E-state index in [1.807, 2.05) is 37.3 Å². The number of hydrogen-bond donors (Lipinski definition) is 2. The van der Waals surface area contributed by atoms with E-state index < -0.39 is 5.97 Å². The highest BCUT2D eigenvalue weighted by atomic mass is 35.5. The number of hydrogen-bond acceptors (Lipinski definition) is 4. The number of nitrogens with one attached hydrogen (secondary N) is 2. The normalized spacial score (nSPS) is 11.4. The predicted octanol–water partition coefficient (Wildman–Crippen LogP) is 4.52. The second-order valence-electron chi connectivity index (χ2n) is 6.39. The van der Waals surface area contributed by atoms with Gasteiger partial charge in [-0.3, -0.25) is 14.4 Å². The molecule has 0 spiro atoms. The highest BCUT2D eigenvalue weighted by Crippen LogP contribution is 2.25. The zero-order valence-electron chi connectivity index (χ0n) is 15.9. The van der Waals surface area contributed by atoms with Crippen LogP contribution in [-0.4, -0.2) is 24.4 Å². The lowest BCUT2D eigenvalue weighted by Crippen LogP contribution is -2.31. The Morgan fingerprint density at radius 2 is 1.69 bits per heavy atom. The first kappa shape index (κ1) is 22.7. The first-order valence-electron chi connectivity index (χ1n) is 9.10. The van der Waals surface area contributed by atoms with Gasteiger partial charge in [0.2, 0.25) is 5.91 Å². The molecule has 0 aliphatic heterocycles. The molecule has 6 nitrogen and oxygen atoms in total. The van der Waals surface area contributed by atoms with Crippen LogP contribution in [0.2, 0.25) is 10.0 Å². The lowest BCUT2D eigenvalue weighted by molar-refractivity contribution is -0.148. The lowest BCUT2D eigenvalue weighted by atomic mass is 10.1. The van der Waals surface area contributed by atoms with Crippen molar-refractivity contribution in [2.75, 3.05) is 11.9 Å². The molecule has 0 heterocycles. The Labute approximate surface area is 179 Å². The van der Waals surface area contributed by atoms with E-state index in [2.05, 4.69) is 10.6 Å². The first-order valence-corrected chi connectivity index (χ1v) is 9.85. The second-order valence-corrected chi connectivity index (χ2v) is 7.21. The van der Waals surface area contributed by atoms with Gasteiger partial charge in [0.15, 0.2) is 6.61 Å². The van der Waals surface area contributed by atoms with Crippen LogP contribution in [0.25, 0.3) is 0 Å². The van der Waals surface area contributed by atoms with Gasteiger partial charge in [0.25, 0.3) is 5.91 Å². The van der Waals surface area contributed by atoms with Crippen LogP contribution in [0.3, 0.4) is 0 Å². The number of anilines is 1. The van der Waals surface area contributed by atoms with E-state index in [-0.39, 0.29) is 37.3 Å². The summed E-state index contributed by atoms with van der Waals surface area (Å²) in [7, 11) is 0. The van der Waals surface area contributed by atoms with Gasteiger partial charge in [-0.05, 0) is 37.1 Å². The monoisotopic (exact) mass is 436 g/mol. The molecule has 8 heteroatoms. The summed E-state index contributed by atoms with van der Waals surface area (Å²) in [4.78, 5) is 35.6. The van der Waals surface area contributed by atoms with Gasteiger partial charge in [0.1, 0.15) is 0 Å². The molecule has 0 unspecified atom stereocenters. The van der Waals surface area contributed by atoms with Gasteiger partial charge in [-0.15, -0.1) is 0 Å². The molecule has 0 saturated heterocycles. The zero-order valence-corrected chi connectivity index (χ0v) is 17.4. The van der Waals surface area contributed by atoms with Crippen molar-refractivity contribution in [1.82, 2.24) is 5.32 Å². The summed E-state index contributed by atoms with van der Waals surface area (Å²) in [6.45, 7) is 1.49. The number of carbonyl (C=O) groups excluding carboxylic acids is 3. The predicted molar refractivity (Wildman–Crippen MR) is 113 cm³/mol. The number of esters is 1. The average molecular weight is 437 g/mol. The summed E-state index contributed by atoms with van der Waals surface area (Å²) in [5, 5.41) is 6.17. The summed E-state index contributed by atoms with van der Waals surface area (Å²) in [6.07, 6.45) is 0.469. The quantitative estimate of drug-likeness (QED) is 0.565. The summed E-state index contributed by atoms with van der Waals surface area (Å²) in [5.41, 5.74) is 1.48. The molecule has 29 heavy (non-hydrogen) atoms. The largest absolute Gasteiger partial charge is 0.456 e. The molecule has 0 aromatic heterocycles. The molecular formula is C21H22Cl2N2O4. The Morgan fingerprint density at radius 3 is 2.38 bits per heavy atom. The number of carbonyl (C=O) groups is 3. The summed E-state index contributed by atoms with van der Waals surface area (Å²) in [6, 6.07) is 14.0. The van der Waals surface area contributed by atoms with Crippen LogP contribution in [0.1, 0.15) is 37.8 Å². The minimum absolute atomic E-state index is 0.0380. The van der Waals surface area contributed by atoms with E-state index in [0.29, 0.717) is 22.2 Å². The molecule has 2 rings (SSSR count). The van der Waals surface area contributed by atoms with Crippen LogP contribution in [0.4, 0.5) is 5.69 Å². The van der Waals surface area contributed by atoms with Crippen molar-refractivity contribution in [3.63, 3.8) is 0 Å². The third-order valence-electron chi connectivity index (χ3n) is 4.03. The molecule has 1 atom stereocenters. The van der Waals surface area contributed by atoms with Crippen LogP contribution >= 0.6 is 23.2 Å². The Morgan fingerprint density at radius 1 is 0.966 bits per heavy atom. The van der Waals surface area contributed by atoms with E-state index >= 15 is 0 Å². The molecule has 0 fully saturated rings. The maximum absolute atomic E-state index is 11.9. The number of rotatable bonds is 9. The highest BCUT2D eigenvalue weighted by Gasteiger charge is 2.12. The smallest absolute Gasteiger partial charge is 0.306 e. The Bertz CT molecular complexity index is 859. The lowest BCUT2D eigenvalue weighted by Gasteiger charge is -2.14. The molecule has 0 aliphatic carbocycles. The summed E-state index contributed by atoms with van der Waals surface area (Å²) in [5.74, 6) is -1.17. The van der Waals surface area contributed by atoms with Crippen LogP contribution in [0.15, 0.2) is 48.5 Å². The molecule has 2 amide bonds. The first-order chi connectivity index (χ1) is 13.8. The van der Waals surface area contributed by atoms with E-state index in [4.69, 9.17) is 27.9 Å². The Balaban J connectivity index is 1.63. The van der Waals surface area contributed by atoms with Gasteiger partial charge >= 0.3 is 5.97 Å². The fourth-order valence-electron chi connectivity index (χ4n) is 2.52. The molecule has 0 saturated carbocycles. The number of halogens is 2. The van der Waals surface area contributed by atoms with Crippen molar-refractivity contribution in [3.8, 4) is 0 Å². The Hall–Kier alpha value is -2.57. The van der Waals surface area contributed by atoms with Gasteiger partial charge in [-0.25, -0.2) is 0 Å². The SMILES string of the molecule is C[C@H](NC(=O)COC(=O)CCCC(=O)Nc1ccc(Cl)c(Cl)c1)c1ccccc1. The van der Waals surface area contributed by atoms with Crippen molar-refractivity contribution in [1.29, 1.82) is 0 Å². The topological polar surface area (TPSA) is 84.5 Å². The third kappa shape index (κ3) is 8.13. The molecule has 0 radical (unpaired) electrons. The minimum atomic E-state index is -0.533. The third-order valence-corrected chi connectivity index (χ3v) is 4.77. The molecule has 154 valence electrons. The number of ether oxygens (including phenoxy) is 1. The van der Waals surface area contributed by atoms with Crippen molar-refractivity contribution < 1.29 is 19.1 Å². The standard InChI is InChI=1S/C21H22Cl2N2O4/c1-14(15-6-3-2-4-7-15)24-20(27)13-29-21(28)9-5-8-19(26)25-16-10-11-17(22)18(23)12-16/h2-4,6-7,10-12,14H,5,8-9,13H2,1H3,(H,24,27)(H,25,26)/t14-/m0/s1. The molecule has 2 N–H and O–H groups in total. The average Bonchev–Trinajstić information content (AvgIpc) is 2.70. The summed E-state index contributed by atoms with van der Waals surface area (Å²) < 4.78 is 4.95. The van der Waals surface area contributed by atoms with Crippen molar-refractivity contribution in [2.24, 2.45) is 0 Å². The fraction of sp³-hybridized carbons (Fsp3) is 0.286. The van der Waals surface area contributed by atoms with E-state index in [1.54, 1.807) is 18.2 Å². The maximum Gasteiger partial charge on any atom is 0.306 e. The van der Waals surface area contributed by atoms with Crippen LogP contribution < -0.4 is 10.6 Å². The highest BCUT2D eigenvalue weighted by molar-refractivity contribution is 6.42. The Kier molecular flexibility index (Phi) is 8.96. The van der Waals surface area contributed by atoms with E-state index in [0.717, 1.165) is 5.56 Å². The number of amides is 2. The van der Waals surface area contributed by atoms with Crippen molar-refractivity contribution in [2.45, 2.75) is 32.2 Å². The van der Waals surface area contributed by atoms with Crippen molar-refractivity contribution >= 4 is 46.7 Å². The maximum atomic E-state index is 11.9. The van der Waals surface area contributed by atoms with Crippen LogP contribution in [0.5, 0.6) is 0 Å². The van der Waals surface area contributed by atoms with E-state index in [1.165, 1.54) is 0 Å². The molecule has 2 aromatic carbocycles. The van der Waals surface area contributed by atoms with Gasteiger partial charge in [0, 0.05) is 18.5 Å². The van der Waals surface area contributed by atoms with Gasteiger partial charge < -0.3 is 15.4 Å². The van der Waals surface area contributed by atoms with Crippen LogP contribution in [0, 0.1) is 0 Å². The molecular weight excluding hydrogens is 415 g/mol. The van der Waals surface area contributed by atoms with Gasteiger partial charge in [-0.2, -0.15) is 0 Å². The van der Waals surface area contributed by atoms with Gasteiger partial charge in [0.05, 0.1) is 16.1 Å². The molecule has 2 aromatic rings. The van der Waals surface area contributed by atoms with Crippen LogP contribution in [-0.2, 0) is 19.1 Å². The molecule has 0 bridgehead atoms. The van der Waals surface area contributed by atoms with Crippen molar-refractivity contribution in [3.05, 3.63) is 64.1 Å². The van der Waals surface area contributed by atoms with E-state index in [9.17, 15) is 14.4 Å². The summed E-state index contributed by atoms with van der Waals surface area (Å²) >= 11 is 11.7. The zero-order chi connectivity index (χ0) is 21.2. The fourth-order valence-corrected chi connectivity index (χ4v) is 2.82. The number of benzene rings is 2. The minimum Gasteiger partial charge on any atom is -0.456 e.